The zero-order valence-corrected chi connectivity index (χ0v) is 14.1. The van der Waals surface area contributed by atoms with Gasteiger partial charge < -0.3 is 5.73 Å². The van der Waals surface area contributed by atoms with Crippen molar-refractivity contribution >= 4 is 15.7 Å². The molecule has 0 spiro atoms. The zero-order valence-electron chi connectivity index (χ0n) is 13.3. The summed E-state index contributed by atoms with van der Waals surface area (Å²) >= 11 is 0. The summed E-state index contributed by atoms with van der Waals surface area (Å²) in [6.45, 7) is 8.05. The third kappa shape index (κ3) is 3.40. The van der Waals surface area contributed by atoms with Gasteiger partial charge in [-0.15, -0.1) is 0 Å². The second-order valence-electron chi connectivity index (χ2n) is 6.53. The van der Waals surface area contributed by atoms with E-state index in [1.807, 2.05) is 19.1 Å². The zero-order chi connectivity index (χ0) is 15.8. The van der Waals surface area contributed by atoms with E-state index in [0.29, 0.717) is 23.1 Å². The van der Waals surface area contributed by atoms with Gasteiger partial charge in [-0.2, -0.15) is 0 Å². The highest BCUT2D eigenvalue weighted by atomic mass is 32.2. The standard InChI is InChI=1S/C16H26N2O2S/c1-10-7-8-14(9-13(10)4)18-21(19,20)16-12(3)6-5-11(2)15(16)17/h5-6,10,13-14,18H,7-9,17H2,1-4H3. The van der Waals surface area contributed by atoms with E-state index in [2.05, 4.69) is 18.6 Å². The van der Waals surface area contributed by atoms with Gasteiger partial charge in [-0.05, 0) is 56.1 Å². The molecule has 0 aromatic heterocycles. The number of benzene rings is 1. The second-order valence-corrected chi connectivity index (χ2v) is 8.18. The van der Waals surface area contributed by atoms with Crippen LogP contribution < -0.4 is 10.5 Å². The number of nitrogen functional groups attached to an aromatic ring is 1. The highest BCUT2D eigenvalue weighted by Crippen LogP contribution is 2.31. The van der Waals surface area contributed by atoms with Crippen molar-refractivity contribution < 1.29 is 8.42 Å². The van der Waals surface area contributed by atoms with Crippen LogP contribution in [0.3, 0.4) is 0 Å². The van der Waals surface area contributed by atoms with Gasteiger partial charge in [0.2, 0.25) is 10.0 Å². The Morgan fingerprint density at radius 1 is 1.10 bits per heavy atom. The van der Waals surface area contributed by atoms with Crippen LogP contribution in [0.15, 0.2) is 17.0 Å². The van der Waals surface area contributed by atoms with E-state index in [0.717, 1.165) is 24.8 Å². The molecule has 5 heteroatoms. The molecule has 0 radical (unpaired) electrons. The summed E-state index contributed by atoms with van der Waals surface area (Å²) in [6, 6.07) is 3.68. The van der Waals surface area contributed by atoms with Gasteiger partial charge in [0.15, 0.2) is 0 Å². The normalized spacial score (nSPS) is 26.8. The number of hydrogen-bond acceptors (Lipinski definition) is 3. The van der Waals surface area contributed by atoms with Crippen molar-refractivity contribution in [3.8, 4) is 0 Å². The van der Waals surface area contributed by atoms with Gasteiger partial charge in [-0.25, -0.2) is 13.1 Å². The summed E-state index contributed by atoms with van der Waals surface area (Å²) in [5.41, 5.74) is 7.86. The van der Waals surface area contributed by atoms with Crippen molar-refractivity contribution in [1.29, 1.82) is 0 Å². The predicted molar refractivity (Wildman–Crippen MR) is 86.6 cm³/mol. The molecular formula is C16H26N2O2S. The molecule has 118 valence electrons. The fourth-order valence-corrected chi connectivity index (χ4v) is 4.81. The molecule has 1 aliphatic rings. The molecule has 3 atom stereocenters. The van der Waals surface area contributed by atoms with Crippen LogP contribution in [0.25, 0.3) is 0 Å². The number of rotatable bonds is 3. The fraction of sp³-hybridized carbons (Fsp3) is 0.625. The Labute approximate surface area is 128 Å². The van der Waals surface area contributed by atoms with Crippen LogP contribution in [0, 0.1) is 25.7 Å². The first kappa shape index (κ1) is 16.3. The van der Waals surface area contributed by atoms with E-state index in [9.17, 15) is 8.42 Å². The minimum atomic E-state index is -3.56. The molecule has 3 N–H and O–H groups in total. The lowest BCUT2D eigenvalue weighted by Gasteiger charge is -2.32. The highest BCUT2D eigenvalue weighted by Gasteiger charge is 2.30. The first-order valence-corrected chi connectivity index (χ1v) is 9.08. The Hall–Kier alpha value is -1.07. The van der Waals surface area contributed by atoms with E-state index >= 15 is 0 Å². The topological polar surface area (TPSA) is 72.2 Å². The Bertz CT molecular complexity index is 625. The summed E-state index contributed by atoms with van der Waals surface area (Å²) in [7, 11) is -3.56. The maximum Gasteiger partial charge on any atom is 0.243 e. The molecule has 3 unspecified atom stereocenters. The molecule has 0 saturated heterocycles. The predicted octanol–water partition coefficient (Wildman–Crippen LogP) is 2.99. The number of hydrogen-bond donors (Lipinski definition) is 2. The van der Waals surface area contributed by atoms with Crippen molar-refractivity contribution in [1.82, 2.24) is 4.72 Å². The van der Waals surface area contributed by atoms with Crippen LogP contribution in [-0.4, -0.2) is 14.5 Å². The summed E-state index contributed by atoms with van der Waals surface area (Å²) in [5.74, 6) is 1.21. The molecule has 1 aliphatic carbocycles. The maximum absolute atomic E-state index is 12.7. The molecular weight excluding hydrogens is 284 g/mol. The lowest BCUT2D eigenvalue weighted by atomic mass is 9.79. The molecule has 4 nitrogen and oxygen atoms in total. The van der Waals surface area contributed by atoms with Crippen molar-refractivity contribution in [2.24, 2.45) is 11.8 Å². The highest BCUT2D eigenvalue weighted by molar-refractivity contribution is 7.89. The molecule has 0 amide bonds. The molecule has 1 fully saturated rings. The Morgan fingerprint density at radius 3 is 2.33 bits per heavy atom. The average molecular weight is 310 g/mol. The maximum atomic E-state index is 12.7. The summed E-state index contributed by atoms with van der Waals surface area (Å²) in [4.78, 5) is 0.244. The summed E-state index contributed by atoms with van der Waals surface area (Å²) < 4.78 is 28.2. The van der Waals surface area contributed by atoms with Crippen LogP contribution in [0.2, 0.25) is 0 Å². The van der Waals surface area contributed by atoms with Crippen molar-refractivity contribution in [2.75, 3.05) is 5.73 Å². The molecule has 0 bridgehead atoms. The Kier molecular flexibility index (Phi) is 4.63. The van der Waals surface area contributed by atoms with Crippen molar-refractivity contribution in [3.05, 3.63) is 23.3 Å². The van der Waals surface area contributed by atoms with Crippen LogP contribution >= 0.6 is 0 Å². The number of anilines is 1. The van der Waals surface area contributed by atoms with Crippen LogP contribution in [-0.2, 0) is 10.0 Å². The first-order chi connectivity index (χ1) is 9.72. The minimum Gasteiger partial charge on any atom is -0.397 e. The van der Waals surface area contributed by atoms with Crippen molar-refractivity contribution in [2.45, 2.75) is 57.9 Å². The molecule has 0 heterocycles. The third-order valence-corrected chi connectivity index (χ3v) is 6.52. The molecule has 1 aromatic carbocycles. The van der Waals surface area contributed by atoms with Gasteiger partial charge >= 0.3 is 0 Å². The van der Waals surface area contributed by atoms with E-state index in [4.69, 9.17) is 5.73 Å². The minimum absolute atomic E-state index is 0.0144. The van der Waals surface area contributed by atoms with Crippen LogP contribution in [0.1, 0.15) is 44.2 Å². The lowest BCUT2D eigenvalue weighted by molar-refractivity contribution is 0.242. The smallest absolute Gasteiger partial charge is 0.243 e. The average Bonchev–Trinajstić information content (AvgIpc) is 2.38. The quantitative estimate of drug-likeness (QED) is 0.843. The third-order valence-electron chi connectivity index (χ3n) is 4.80. The first-order valence-electron chi connectivity index (χ1n) is 7.60. The van der Waals surface area contributed by atoms with Gasteiger partial charge in [0.25, 0.3) is 0 Å². The number of sulfonamides is 1. The van der Waals surface area contributed by atoms with Gasteiger partial charge in [-0.1, -0.05) is 26.0 Å². The number of nitrogens with two attached hydrogens (primary N) is 1. The van der Waals surface area contributed by atoms with E-state index in [-0.39, 0.29) is 10.9 Å². The molecule has 0 aliphatic heterocycles. The Balaban J connectivity index is 2.26. The van der Waals surface area contributed by atoms with E-state index < -0.39 is 10.0 Å². The summed E-state index contributed by atoms with van der Waals surface area (Å²) in [6.07, 6.45) is 2.86. The van der Waals surface area contributed by atoms with Gasteiger partial charge in [-0.3, -0.25) is 0 Å². The van der Waals surface area contributed by atoms with Crippen LogP contribution in [0.5, 0.6) is 0 Å². The lowest BCUT2D eigenvalue weighted by Crippen LogP contribution is -2.40. The summed E-state index contributed by atoms with van der Waals surface area (Å²) in [5, 5.41) is 0. The van der Waals surface area contributed by atoms with Crippen LogP contribution in [0.4, 0.5) is 5.69 Å². The SMILES string of the molecule is Cc1ccc(C)c(S(=O)(=O)NC2CCC(C)C(C)C2)c1N. The molecule has 1 aromatic rings. The molecule has 2 rings (SSSR count). The second kappa shape index (κ2) is 5.97. The molecule has 1 saturated carbocycles. The fourth-order valence-electron chi connectivity index (χ4n) is 3.10. The number of nitrogens with one attached hydrogen (secondary N) is 1. The van der Waals surface area contributed by atoms with Gasteiger partial charge in [0.05, 0.1) is 5.69 Å². The van der Waals surface area contributed by atoms with E-state index in [1.54, 1.807) is 6.92 Å². The largest absolute Gasteiger partial charge is 0.397 e. The van der Waals surface area contributed by atoms with Gasteiger partial charge in [0, 0.05) is 6.04 Å². The van der Waals surface area contributed by atoms with Crippen molar-refractivity contribution in [3.63, 3.8) is 0 Å². The monoisotopic (exact) mass is 310 g/mol. The van der Waals surface area contributed by atoms with E-state index in [1.165, 1.54) is 0 Å². The molecule has 21 heavy (non-hydrogen) atoms. The Morgan fingerprint density at radius 2 is 1.71 bits per heavy atom. The van der Waals surface area contributed by atoms with Gasteiger partial charge in [0.1, 0.15) is 4.90 Å². The number of aryl methyl sites for hydroxylation is 2.